The highest BCUT2D eigenvalue weighted by Crippen LogP contribution is 2.48. The van der Waals surface area contributed by atoms with E-state index in [1.807, 2.05) is 0 Å². The fraction of sp³-hybridized carbons (Fsp3) is 0.625. The molecule has 3 N–H and O–H groups in total. The van der Waals surface area contributed by atoms with Gasteiger partial charge >= 0.3 is 12.6 Å². The Balaban J connectivity index is 1.83. The van der Waals surface area contributed by atoms with Gasteiger partial charge in [-0.1, -0.05) is 12.7 Å². The summed E-state index contributed by atoms with van der Waals surface area (Å²) in [6, 6.07) is -0.405. The first-order valence-corrected chi connectivity index (χ1v) is 7.87. The monoisotopic (exact) mass is 345 g/mol. The Hall–Kier alpha value is -1.99. The van der Waals surface area contributed by atoms with Crippen molar-refractivity contribution in [3.05, 3.63) is 24.3 Å². The van der Waals surface area contributed by atoms with Gasteiger partial charge in [0.25, 0.3) is 0 Å². The van der Waals surface area contributed by atoms with E-state index in [-0.39, 0.29) is 12.1 Å². The normalized spacial score (nSPS) is 29.2. The van der Waals surface area contributed by atoms with Crippen LogP contribution in [0.3, 0.4) is 0 Å². The van der Waals surface area contributed by atoms with Gasteiger partial charge in [0, 0.05) is 18.2 Å². The summed E-state index contributed by atoms with van der Waals surface area (Å²) in [6.07, 6.45) is 5.67. The van der Waals surface area contributed by atoms with Crippen molar-refractivity contribution >= 4 is 11.9 Å². The maximum absolute atomic E-state index is 14.1. The molecule has 3 rings (SSSR count). The summed E-state index contributed by atoms with van der Waals surface area (Å²) in [7, 11) is 0. The third-order valence-corrected chi connectivity index (χ3v) is 4.78. The number of urea groups is 1. The van der Waals surface area contributed by atoms with E-state index in [2.05, 4.69) is 21.9 Å². The minimum Gasteiger partial charge on any atom is -0.418 e. The molecular formula is C16H22F3N3O2. The lowest BCUT2D eigenvalue weighted by Gasteiger charge is -2.49. The first-order chi connectivity index (χ1) is 11.3. The summed E-state index contributed by atoms with van der Waals surface area (Å²) in [4.78, 5) is 12.1. The van der Waals surface area contributed by atoms with Crippen LogP contribution in [0.2, 0.25) is 0 Å². The number of alkyl halides is 3. The number of carbonyl (C=O) groups is 1. The zero-order valence-electron chi connectivity index (χ0n) is 13.3. The number of hydrogen-bond donors (Lipinski definition) is 3. The molecule has 0 aliphatic heterocycles. The number of rotatable bonds is 6. The predicted molar refractivity (Wildman–Crippen MR) is 83.9 cm³/mol. The zero-order chi connectivity index (χ0) is 17.8. The van der Waals surface area contributed by atoms with Crippen molar-refractivity contribution in [2.24, 2.45) is 0 Å². The summed E-state index contributed by atoms with van der Waals surface area (Å²) in [6.45, 7) is 0.457. The molecule has 0 aromatic carbocycles. The highest BCUT2D eigenvalue weighted by atomic mass is 19.3. The molecule has 24 heavy (non-hydrogen) atoms. The lowest BCUT2D eigenvalue weighted by molar-refractivity contribution is -0.0599. The van der Waals surface area contributed by atoms with Crippen molar-refractivity contribution in [1.29, 1.82) is 5.41 Å². The highest BCUT2D eigenvalue weighted by Gasteiger charge is 2.49. The molecule has 0 heterocycles. The van der Waals surface area contributed by atoms with Crippen molar-refractivity contribution < 1.29 is 22.7 Å². The van der Waals surface area contributed by atoms with Crippen LogP contribution < -0.4 is 10.6 Å². The Morgan fingerprint density at radius 3 is 2.33 bits per heavy atom. The molecule has 0 aromatic rings. The fourth-order valence-corrected chi connectivity index (χ4v) is 3.28. The Bertz CT molecular complexity index is 524. The minimum atomic E-state index is -3.07. The van der Waals surface area contributed by atoms with Crippen molar-refractivity contribution in [2.45, 2.75) is 56.3 Å². The molecule has 3 aliphatic rings. The highest BCUT2D eigenvalue weighted by molar-refractivity contribution is 5.86. The van der Waals surface area contributed by atoms with Crippen LogP contribution in [0.25, 0.3) is 0 Å². The molecule has 2 bridgehead atoms. The fourth-order valence-electron chi connectivity index (χ4n) is 3.28. The predicted octanol–water partition coefficient (Wildman–Crippen LogP) is 3.43. The topological polar surface area (TPSA) is 74.2 Å². The molecule has 3 aliphatic carbocycles. The van der Waals surface area contributed by atoms with Crippen LogP contribution >= 0.6 is 0 Å². The van der Waals surface area contributed by atoms with Gasteiger partial charge in [-0.3, -0.25) is 5.41 Å². The van der Waals surface area contributed by atoms with Gasteiger partial charge in [-0.2, -0.15) is 8.78 Å². The zero-order valence-corrected chi connectivity index (χ0v) is 13.3. The lowest BCUT2D eigenvalue weighted by atomic mass is 9.64. The first-order valence-electron chi connectivity index (χ1n) is 7.87. The molecular weight excluding hydrogens is 323 g/mol. The van der Waals surface area contributed by atoms with Gasteiger partial charge in [-0.15, -0.1) is 0 Å². The van der Waals surface area contributed by atoms with Gasteiger partial charge in [0.1, 0.15) is 5.67 Å². The number of amides is 2. The number of halogens is 3. The molecule has 0 aromatic heterocycles. The maximum Gasteiger partial charge on any atom is 0.388 e. The average Bonchev–Trinajstić information content (AvgIpc) is 2.52. The second-order valence-corrected chi connectivity index (χ2v) is 6.41. The van der Waals surface area contributed by atoms with Crippen molar-refractivity contribution in [3.8, 4) is 0 Å². The van der Waals surface area contributed by atoms with Gasteiger partial charge in [-0.05, 0) is 44.1 Å². The smallest absolute Gasteiger partial charge is 0.388 e. The third-order valence-electron chi connectivity index (χ3n) is 4.78. The van der Waals surface area contributed by atoms with Gasteiger partial charge in [0.2, 0.25) is 5.90 Å². The molecule has 0 saturated heterocycles. The Morgan fingerprint density at radius 1 is 1.25 bits per heavy atom. The second kappa shape index (κ2) is 7.27. The van der Waals surface area contributed by atoms with E-state index in [1.165, 1.54) is 6.08 Å². The molecule has 134 valence electrons. The van der Waals surface area contributed by atoms with Gasteiger partial charge < -0.3 is 15.4 Å². The van der Waals surface area contributed by atoms with Gasteiger partial charge in [0.05, 0.1) is 0 Å². The van der Waals surface area contributed by atoms with Crippen LogP contribution in [-0.4, -0.2) is 36.3 Å². The summed E-state index contributed by atoms with van der Waals surface area (Å²) in [5.74, 6) is -0.709. The number of carbonyl (C=O) groups excluding carboxylic acids is 1. The first kappa shape index (κ1) is 18.4. The van der Waals surface area contributed by atoms with E-state index >= 15 is 0 Å². The third kappa shape index (κ3) is 4.75. The van der Waals surface area contributed by atoms with E-state index < -0.39 is 24.2 Å². The molecule has 0 radical (unpaired) electrons. The van der Waals surface area contributed by atoms with Crippen LogP contribution in [0.4, 0.5) is 18.0 Å². The molecule has 0 atom stereocenters. The Labute approximate surface area is 138 Å². The molecule has 8 heteroatoms. The maximum atomic E-state index is 14.1. The number of hydrogen-bond acceptors (Lipinski definition) is 3. The lowest BCUT2D eigenvalue weighted by Crippen LogP contribution is -2.59. The number of nitrogens with one attached hydrogen (secondary N) is 3. The van der Waals surface area contributed by atoms with Crippen LogP contribution in [0, 0.1) is 5.41 Å². The van der Waals surface area contributed by atoms with E-state index in [0.29, 0.717) is 44.1 Å². The summed E-state index contributed by atoms with van der Waals surface area (Å²) < 4.78 is 42.1. The average molecular weight is 345 g/mol. The quantitative estimate of drug-likeness (QED) is 0.392. The van der Waals surface area contributed by atoms with Crippen molar-refractivity contribution in [1.82, 2.24) is 10.6 Å². The van der Waals surface area contributed by atoms with Crippen LogP contribution in [0.5, 0.6) is 0 Å². The summed E-state index contributed by atoms with van der Waals surface area (Å²) >= 11 is 0. The molecule has 0 unspecified atom stereocenters. The molecule has 3 saturated carbocycles. The minimum absolute atomic E-state index is 0.0213. The van der Waals surface area contributed by atoms with E-state index in [1.54, 1.807) is 0 Å². The Morgan fingerprint density at radius 2 is 1.83 bits per heavy atom. The second-order valence-electron chi connectivity index (χ2n) is 6.41. The molecule has 2 amide bonds. The number of fused-ring (bicyclic) bond motifs is 3. The van der Waals surface area contributed by atoms with E-state index in [4.69, 9.17) is 5.41 Å². The van der Waals surface area contributed by atoms with Gasteiger partial charge in [0.15, 0.2) is 0 Å². The summed E-state index contributed by atoms with van der Waals surface area (Å²) in [5.41, 5.74) is -1.06. The van der Waals surface area contributed by atoms with Crippen LogP contribution in [0.1, 0.15) is 38.5 Å². The SMILES string of the molecule is C=C/C(=C\C(=N)OC(F)F)CNC(=O)NC12CCC(F)(CC1)CC2. The molecule has 0 spiro atoms. The molecule has 3 fully saturated rings. The van der Waals surface area contributed by atoms with Crippen LogP contribution in [-0.2, 0) is 4.74 Å². The largest absolute Gasteiger partial charge is 0.418 e. The Kier molecular flexibility index (Phi) is 5.56. The number of ether oxygens (including phenoxy) is 1. The van der Waals surface area contributed by atoms with Crippen LogP contribution in [0.15, 0.2) is 24.3 Å². The van der Waals surface area contributed by atoms with E-state index in [0.717, 1.165) is 6.08 Å². The summed E-state index contributed by atoms with van der Waals surface area (Å²) in [5, 5.41) is 12.8. The molecule has 5 nitrogen and oxygen atoms in total. The van der Waals surface area contributed by atoms with Crippen molar-refractivity contribution in [2.75, 3.05) is 6.54 Å². The van der Waals surface area contributed by atoms with Gasteiger partial charge in [-0.25, -0.2) is 9.18 Å². The van der Waals surface area contributed by atoms with Crippen molar-refractivity contribution in [3.63, 3.8) is 0 Å². The standard InChI is InChI=1S/C16H22F3N3O2/c1-2-11(9-12(20)24-13(17)18)10-21-14(23)22-16-6-3-15(19,4-7-16)5-8-16/h2,9,13,20H,1,3-8,10H2,(H2,21,22,23)/b11-9+,20-12?. The van der Waals surface area contributed by atoms with E-state index in [9.17, 15) is 18.0 Å².